The predicted octanol–water partition coefficient (Wildman–Crippen LogP) is 4.49. The Morgan fingerprint density at radius 3 is 2.41 bits per heavy atom. The molecule has 4 nitrogen and oxygen atoms in total. The molecule has 3 rings (SSSR count). The van der Waals surface area contributed by atoms with Gasteiger partial charge in [0.2, 0.25) is 5.91 Å². The molecule has 0 unspecified atom stereocenters. The molecule has 8 heteroatoms. The van der Waals surface area contributed by atoms with E-state index in [9.17, 15) is 18.0 Å². The number of nitrogens with zero attached hydrogens (tertiary/aromatic N) is 1. The average Bonchev–Trinajstić information content (AvgIpc) is 2.62. The van der Waals surface area contributed by atoms with E-state index in [2.05, 4.69) is 26.1 Å². The van der Waals surface area contributed by atoms with Crippen molar-refractivity contribution < 1.29 is 22.7 Å². The van der Waals surface area contributed by atoms with Crippen molar-refractivity contribution in [2.45, 2.75) is 12.6 Å². The Bertz CT molecular complexity index is 804. The van der Waals surface area contributed by atoms with Gasteiger partial charge in [-0.15, -0.1) is 0 Å². The van der Waals surface area contributed by atoms with Crippen molar-refractivity contribution in [3.8, 4) is 0 Å². The molecule has 1 saturated heterocycles. The molecule has 0 aromatic heterocycles. The Labute approximate surface area is 163 Å². The van der Waals surface area contributed by atoms with Crippen molar-refractivity contribution in [1.29, 1.82) is 0 Å². The molecule has 0 atom stereocenters. The standard InChI is InChI=1S/C19H18BrF3N2O2/c20-15-5-6-17(25-7-9-27-10-8-25)16(12-15)24-18(26)11-13-1-3-14(4-2-13)19(21,22)23/h1-6,12H,7-11H2,(H,24,26). The number of hydrogen-bond acceptors (Lipinski definition) is 3. The lowest BCUT2D eigenvalue weighted by atomic mass is 10.1. The van der Waals surface area contributed by atoms with Crippen LogP contribution in [0, 0.1) is 0 Å². The van der Waals surface area contributed by atoms with Crippen LogP contribution in [0.4, 0.5) is 24.5 Å². The maximum Gasteiger partial charge on any atom is 0.416 e. The lowest BCUT2D eigenvalue weighted by Gasteiger charge is -2.30. The first kappa shape index (κ1) is 19.7. The van der Waals surface area contributed by atoms with Crippen LogP contribution in [-0.4, -0.2) is 32.2 Å². The number of ether oxygens (including phenoxy) is 1. The van der Waals surface area contributed by atoms with Crippen LogP contribution in [0.2, 0.25) is 0 Å². The van der Waals surface area contributed by atoms with Gasteiger partial charge < -0.3 is 15.0 Å². The van der Waals surface area contributed by atoms with Crippen LogP contribution in [0.5, 0.6) is 0 Å². The Balaban J connectivity index is 1.71. The van der Waals surface area contributed by atoms with Crippen LogP contribution >= 0.6 is 15.9 Å². The zero-order valence-electron chi connectivity index (χ0n) is 14.4. The van der Waals surface area contributed by atoms with Gasteiger partial charge in [0.15, 0.2) is 0 Å². The van der Waals surface area contributed by atoms with Gasteiger partial charge in [0.05, 0.1) is 36.6 Å². The van der Waals surface area contributed by atoms with Crippen molar-refractivity contribution in [3.63, 3.8) is 0 Å². The molecule has 0 aliphatic carbocycles. The molecular formula is C19H18BrF3N2O2. The van der Waals surface area contributed by atoms with E-state index in [4.69, 9.17) is 4.74 Å². The summed E-state index contributed by atoms with van der Waals surface area (Å²) >= 11 is 3.40. The van der Waals surface area contributed by atoms with Gasteiger partial charge in [0, 0.05) is 17.6 Å². The number of amides is 1. The van der Waals surface area contributed by atoms with Crippen LogP contribution in [0.15, 0.2) is 46.9 Å². The normalized spacial score (nSPS) is 14.9. The van der Waals surface area contributed by atoms with Crippen molar-refractivity contribution in [2.75, 3.05) is 36.5 Å². The fourth-order valence-corrected chi connectivity index (χ4v) is 3.24. The maximum absolute atomic E-state index is 12.6. The van der Waals surface area contributed by atoms with Gasteiger partial charge in [-0.25, -0.2) is 0 Å². The number of benzene rings is 2. The number of nitrogens with one attached hydrogen (secondary N) is 1. The number of alkyl halides is 3. The molecule has 2 aromatic rings. The van der Waals surface area contributed by atoms with Gasteiger partial charge in [-0.1, -0.05) is 28.1 Å². The quantitative estimate of drug-likeness (QED) is 0.758. The zero-order valence-corrected chi connectivity index (χ0v) is 15.9. The number of morpholine rings is 1. The van der Waals surface area contributed by atoms with E-state index in [0.717, 1.165) is 35.4 Å². The minimum absolute atomic E-state index is 0.00674. The molecule has 2 aromatic carbocycles. The molecule has 1 aliphatic heterocycles. The van der Waals surface area contributed by atoms with E-state index >= 15 is 0 Å². The molecule has 0 spiro atoms. The molecule has 0 bridgehead atoms. The summed E-state index contributed by atoms with van der Waals surface area (Å²) in [4.78, 5) is 14.5. The highest BCUT2D eigenvalue weighted by molar-refractivity contribution is 9.10. The molecular weight excluding hydrogens is 425 g/mol. The summed E-state index contributed by atoms with van der Waals surface area (Å²) in [7, 11) is 0. The van der Waals surface area contributed by atoms with Gasteiger partial charge in [-0.05, 0) is 35.9 Å². The molecule has 1 heterocycles. The van der Waals surface area contributed by atoms with Crippen molar-refractivity contribution >= 4 is 33.2 Å². The van der Waals surface area contributed by atoms with Crippen molar-refractivity contribution in [2.24, 2.45) is 0 Å². The molecule has 144 valence electrons. The summed E-state index contributed by atoms with van der Waals surface area (Å²) in [6.45, 7) is 2.69. The maximum atomic E-state index is 12.6. The largest absolute Gasteiger partial charge is 0.416 e. The van der Waals surface area contributed by atoms with E-state index < -0.39 is 11.7 Å². The third-order valence-corrected chi connectivity index (χ3v) is 4.72. The SMILES string of the molecule is O=C(Cc1ccc(C(F)(F)F)cc1)Nc1cc(Br)ccc1N1CCOCC1. The third kappa shape index (κ3) is 5.23. The summed E-state index contributed by atoms with van der Waals surface area (Å²) in [6.07, 6.45) is -4.39. The molecule has 1 aliphatic rings. The van der Waals surface area contributed by atoms with E-state index in [1.54, 1.807) is 0 Å². The molecule has 0 radical (unpaired) electrons. The second-order valence-corrected chi connectivity index (χ2v) is 7.10. The number of carbonyl (C=O) groups excluding carboxylic acids is 1. The monoisotopic (exact) mass is 442 g/mol. The highest BCUT2D eigenvalue weighted by Gasteiger charge is 2.30. The second kappa shape index (κ2) is 8.31. The average molecular weight is 443 g/mol. The van der Waals surface area contributed by atoms with Gasteiger partial charge in [-0.3, -0.25) is 4.79 Å². The fraction of sp³-hybridized carbons (Fsp3) is 0.316. The number of hydrogen-bond donors (Lipinski definition) is 1. The summed E-state index contributed by atoms with van der Waals surface area (Å²) in [5.74, 6) is -0.289. The lowest BCUT2D eigenvalue weighted by molar-refractivity contribution is -0.137. The fourth-order valence-electron chi connectivity index (χ4n) is 2.88. The number of halogens is 4. The second-order valence-electron chi connectivity index (χ2n) is 6.18. The first-order valence-electron chi connectivity index (χ1n) is 8.41. The van der Waals surface area contributed by atoms with E-state index in [-0.39, 0.29) is 12.3 Å². The number of carbonyl (C=O) groups is 1. The highest BCUT2D eigenvalue weighted by Crippen LogP contribution is 2.31. The Hall–Kier alpha value is -2.06. The molecule has 0 saturated carbocycles. The van der Waals surface area contributed by atoms with Crippen molar-refractivity contribution in [3.05, 3.63) is 58.1 Å². The smallest absolute Gasteiger partial charge is 0.378 e. The molecule has 27 heavy (non-hydrogen) atoms. The Morgan fingerprint density at radius 1 is 1.11 bits per heavy atom. The number of anilines is 2. The third-order valence-electron chi connectivity index (χ3n) is 4.23. The van der Waals surface area contributed by atoms with E-state index in [1.165, 1.54) is 12.1 Å². The van der Waals surface area contributed by atoms with Crippen LogP contribution in [0.3, 0.4) is 0 Å². The minimum atomic E-state index is -4.38. The van der Waals surface area contributed by atoms with Gasteiger partial charge in [-0.2, -0.15) is 13.2 Å². The topological polar surface area (TPSA) is 41.6 Å². The summed E-state index contributed by atoms with van der Waals surface area (Å²) in [6, 6.07) is 10.3. The molecule has 1 amide bonds. The predicted molar refractivity (Wildman–Crippen MR) is 101 cm³/mol. The Morgan fingerprint density at radius 2 is 1.78 bits per heavy atom. The first-order valence-corrected chi connectivity index (χ1v) is 9.20. The minimum Gasteiger partial charge on any atom is -0.378 e. The van der Waals surface area contributed by atoms with Crippen LogP contribution in [0.25, 0.3) is 0 Å². The van der Waals surface area contributed by atoms with E-state index in [0.29, 0.717) is 24.5 Å². The Kier molecular flexibility index (Phi) is 6.06. The zero-order chi connectivity index (χ0) is 19.4. The van der Waals surface area contributed by atoms with Crippen molar-refractivity contribution in [1.82, 2.24) is 0 Å². The molecule has 1 fully saturated rings. The van der Waals surface area contributed by atoms with Crippen LogP contribution < -0.4 is 10.2 Å². The van der Waals surface area contributed by atoms with Gasteiger partial charge in [0.25, 0.3) is 0 Å². The highest BCUT2D eigenvalue weighted by atomic mass is 79.9. The first-order chi connectivity index (χ1) is 12.8. The van der Waals surface area contributed by atoms with Crippen LogP contribution in [-0.2, 0) is 22.1 Å². The van der Waals surface area contributed by atoms with Gasteiger partial charge >= 0.3 is 6.18 Å². The summed E-state index contributed by atoms with van der Waals surface area (Å²) in [5, 5.41) is 2.87. The van der Waals surface area contributed by atoms with E-state index in [1.807, 2.05) is 18.2 Å². The summed E-state index contributed by atoms with van der Waals surface area (Å²) < 4.78 is 44.1. The summed E-state index contributed by atoms with van der Waals surface area (Å²) in [5.41, 5.74) is 1.34. The lowest BCUT2D eigenvalue weighted by Crippen LogP contribution is -2.36. The molecule has 1 N–H and O–H groups in total. The van der Waals surface area contributed by atoms with Gasteiger partial charge in [0.1, 0.15) is 0 Å². The number of rotatable bonds is 4. The van der Waals surface area contributed by atoms with Crippen LogP contribution in [0.1, 0.15) is 11.1 Å².